The molecule has 0 aliphatic carbocycles. The van der Waals surface area contributed by atoms with E-state index in [1.165, 1.54) is 0 Å². The first-order valence-electron chi connectivity index (χ1n) is 9.87. The van der Waals surface area contributed by atoms with Crippen LogP contribution in [0.4, 0.5) is 10.5 Å². The summed E-state index contributed by atoms with van der Waals surface area (Å²) in [6.45, 7) is 0.363. The normalized spacial score (nSPS) is 10.5. The van der Waals surface area contributed by atoms with Crippen LogP contribution in [0.5, 0.6) is 11.5 Å². The number of methoxy groups -OCH3 is 2. The quantitative estimate of drug-likeness (QED) is 0.453. The minimum atomic E-state index is -0.326. The Morgan fingerprint density at radius 2 is 1.77 bits per heavy atom. The highest BCUT2D eigenvalue weighted by Crippen LogP contribution is 2.31. The maximum absolute atomic E-state index is 12.5. The predicted octanol–water partition coefficient (Wildman–Crippen LogP) is 5.24. The van der Waals surface area contributed by atoms with Gasteiger partial charge in [0.2, 0.25) is 0 Å². The topological polar surface area (TPSA) is 72.5 Å². The molecule has 0 fully saturated rings. The van der Waals surface area contributed by atoms with Crippen LogP contribution in [0.2, 0.25) is 0 Å². The van der Waals surface area contributed by atoms with E-state index in [0.29, 0.717) is 23.7 Å². The van der Waals surface area contributed by atoms with Gasteiger partial charge in [0.05, 0.1) is 19.9 Å². The first-order chi connectivity index (χ1) is 15.2. The number of amides is 2. The number of nitrogens with zero attached hydrogens (tertiary/aromatic N) is 1. The zero-order valence-electron chi connectivity index (χ0n) is 17.4. The maximum Gasteiger partial charge on any atom is 0.319 e. The summed E-state index contributed by atoms with van der Waals surface area (Å²) in [5, 5.41) is 7.84. The maximum atomic E-state index is 12.5. The van der Waals surface area contributed by atoms with Crippen LogP contribution in [-0.2, 0) is 6.54 Å². The molecule has 4 aromatic rings. The van der Waals surface area contributed by atoms with Gasteiger partial charge in [-0.25, -0.2) is 4.79 Å². The number of aromatic nitrogens is 1. The van der Waals surface area contributed by atoms with Crippen molar-refractivity contribution in [3.63, 3.8) is 0 Å². The molecule has 6 heteroatoms. The number of ether oxygens (including phenoxy) is 2. The highest BCUT2D eigenvalue weighted by molar-refractivity contribution is 5.98. The summed E-state index contributed by atoms with van der Waals surface area (Å²) >= 11 is 0. The van der Waals surface area contributed by atoms with Crippen LogP contribution in [0.15, 0.2) is 79.1 Å². The summed E-state index contributed by atoms with van der Waals surface area (Å²) in [6.07, 6.45) is 3.62. The second-order valence-corrected chi connectivity index (χ2v) is 6.93. The molecular formula is C25H23N3O3. The SMILES string of the molecule is COc1ccc(NC(=O)NCc2ccc(-c3ccccc3)c3ccncc23)c(OC)c1. The molecule has 0 aliphatic rings. The summed E-state index contributed by atoms with van der Waals surface area (Å²) in [7, 11) is 3.13. The first-order valence-corrected chi connectivity index (χ1v) is 9.87. The number of hydrogen-bond acceptors (Lipinski definition) is 4. The number of carbonyl (C=O) groups is 1. The molecule has 0 atom stereocenters. The molecule has 0 radical (unpaired) electrons. The van der Waals surface area contributed by atoms with Crippen molar-refractivity contribution in [2.75, 3.05) is 19.5 Å². The molecule has 0 saturated carbocycles. The zero-order chi connectivity index (χ0) is 21.6. The van der Waals surface area contributed by atoms with Crippen molar-refractivity contribution in [2.45, 2.75) is 6.54 Å². The summed E-state index contributed by atoms with van der Waals surface area (Å²) in [6, 6.07) is 21.2. The number of hydrogen-bond donors (Lipinski definition) is 2. The third-order valence-corrected chi connectivity index (χ3v) is 5.09. The molecule has 0 spiro atoms. The lowest BCUT2D eigenvalue weighted by atomic mass is 9.96. The highest BCUT2D eigenvalue weighted by Gasteiger charge is 2.11. The number of pyridine rings is 1. The molecule has 0 unspecified atom stereocenters. The number of urea groups is 1. The number of anilines is 1. The van der Waals surface area contributed by atoms with Gasteiger partial charge < -0.3 is 20.1 Å². The van der Waals surface area contributed by atoms with Crippen molar-refractivity contribution in [3.8, 4) is 22.6 Å². The van der Waals surface area contributed by atoms with Crippen LogP contribution < -0.4 is 20.1 Å². The molecule has 1 heterocycles. The number of benzene rings is 3. The van der Waals surface area contributed by atoms with Gasteiger partial charge in [0.25, 0.3) is 0 Å². The molecule has 4 rings (SSSR count). The van der Waals surface area contributed by atoms with Gasteiger partial charge in [0.15, 0.2) is 0 Å². The standard InChI is InChI=1S/C25H23N3O3/c1-30-19-9-11-23(24(14-19)31-2)28-25(29)27-15-18-8-10-20(17-6-4-3-5-7-17)21-12-13-26-16-22(18)21/h3-14,16H,15H2,1-2H3,(H2,27,28,29). The van der Waals surface area contributed by atoms with Gasteiger partial charge in [-0.2, -0.15) is 0 Å². The van der Waals surface area contributed by atoms with Gasteiger partial charge in [0.1, 0.15) is 11.5 Å². The lowest BCUT2D eigenvalue weighted by Gasteiger charge is -2.14. The molecular weight excluding hydrogens is 390 g/mol. The Kier molecular flexibility index (Phi) is 5.98. The van der Waals surface area contributed by atoms with Crippen molar-refractivity contribution < 1.29 is 14.3 Å². The Morgan fingerprint density at radius 3 is 2.55 bits per heavy atom. The summed E-state index contributed by atoms with van der Waals surface area (Å²) < 4.78 is 10.5. The Bertz CT molecular complexity index is 1210. The number of carbonyl (C=O) groups excluding carboxylic acids is 1. The first kappa shape index (κ1) is 20.2. The second-order valence-electron chi connectivity index (χ2n) is 6.93. The number of nitrogens with one attached hydrogen (secondary N) is 2. The average Bonchev–Trinajstić information content (AvgIpc) is 2.83. The van der Waals surface area contributed by atoms with Gasteiger partial charge in [-0.05, 0) is 40.3 Å². The molecule has 1 aromatic heterocycles. The van der Waals surface area contributed by atoms with Crippen LogP contribution in [0.1, 0.15) is 5.56 Å². The van der Waals surface area contributed by atoms with Crippen molar-refractivity contribution >= 4 is 22.5 Å². The molecule has 2 N–H and O–H groups in total. The van der Waals surface area contributed by atoms with Gasteiger partial charge in [0, 0.05) is 30.4 Å². The number of rotatable bonds is 6. The van der Waals surface area contributed by atoms with Crippen molar-refractivity contribution in [1.29, 1.82) is 0 Å². The minimum absolute atomic E-state index is 0.326. The molecule has 31 heavy (non-hydrogen) atoms. The largest absolute Gasteiger partial charge is 0.497 e. The number of fused-ring (bicyclic) bond motifs is 1. The lowest BCUT2D eigenvalue weighted by Crippen LogP contribution is -2.28. The minimum Gasteiger partial charge on any atom is -0.497 e. The van der Waals surface area contributed by atoms with Gasteiger partial charge in [-0.1, -0.05) is 42.5 Å². The summed E-state index contributed by atoms with van der Waals surface area (Å²) in [4.78, 5) is 16.8. The zero-order valence-corrected chi connectivity index (χ0v) is 17.4. The molecule has 3 aromatic carbocycles. The fourth-order valence-corrected chi connectivity index (χ4v) is 3.52. The molecule has 2 amide bonds. The van der Waals surface area contributed by atoms with E-state index in [0.717, 1.165) is 27.5 Å². The van der Waals surface area contributed by atoms with Crippen molar-refractivity contribution in [2.24, 2.45) is 0 Å². The van der Waals surface area contributed by atoms with Crippen LogP contribution in [0.3, 0.4) is 0 Å². The van der Waals surface area contributed by atoms with Crippen LogP contribution in [0.25, 0.3) is 21.9 Å². The Hall–Kier alpha value is -4.06. The fourth-order valence-electron chi connectivity index (χ4n) is 3.52. The monoisotopic (exact) mass is 413 g/mol. The highest BCUT2D eigenvalue weighted by atomic mass is 16.5. The van der Waals surface area contributed by atoms with Crippen LogP contribution >= 0.6 is 0 Å². The van der Waals surface area contributed by atoms with Crippen LogP contribution in [-0.4, -0.2) is 25.2 Å². The smallest absolute Gasteiger partial charge is 0.319 e. The van der Waals surface area contributed by atoms with Gasteiger partial charge in [-0.15, -0.1) is 0 Å². The third kappa shape index (κ3) is 4.43. The van der Waals surface area contributed by atoms with Crippen molar-refractivity contribution in [1.82, 2.24) is 10.3 Å². The summed E-state index contributed by atoms with van der Waals surface area (Å²) in [5.74, 6) is 1.18. The Labute approximate surface area is 180 Å². The van der Waals surface area contributed by atoms with E-state index < -0.39 is 0 Å². The average molecular weight is 413 g/mol. The van der Waals surface area contributed by atoms with E-state index in [9.17, 15) is 4.79 Å². The van der Waals surface area contributed by atoms with Gasteiger partial charge >= 0.3 is 6.03 Å². The third-order valence-electron chi connectivity index (χ3n) is 5.09. The lowest BCUT2D eigenvalue weighted by molar-refractivity contribution is 0.251. The van der Waals surface area contributed by atoms with Crippen molar-refractivity contribution in [3.05, 3.63) is 84.7 Å². The summed E-state index contributed by atoms with van der Waals surface area (Å²) in [5.41, 5.74) is 3.82. The van der Waals surface area contributed by atoms with Crippen LogP contribution in [0, 0.1) is 0 Å². The fraction of sp³-hybridized carbons (Fsp3) is 0.120. The van der Waals surface area contributed by atoms with E-state index in [1.807, 2.05) is 36.5 Å². The molecule has 0 saturated heterocycles. The van der Waals surface area contributed by atoms with E-state index >= 15 is 0 Å². The Balaban J connectivity index is 1.53. The van der Waals surface area contributed by atoms with E-state index in [4.69, 9.17) is 9.47 Å². The molecule has 0 aliphatic heterocycles. The Morgan fingerprint density at radius 1 is 0.935 bits per heavy atom. The molecule has 6 nitrogen and oxygen atoms in total. The van der Waals surface area contributed by atoms with E-state index in [-0.39, 0.29) is 6.03 Å². The molecule has 156 valence electrons. The van der Waals surface area contributed by atoms with E-state index in [1.54, 1.807) is 38.6 Å². The molecule has 0 bridgehead atoms. The van der Waals surface area contributed by atoms with Gasteiger partial charge in [-0.3, -0.25) is 4.98 Å². The predicted molar refractivity (Wildman–Crippen MR) is 123 cm³/mol. The van der Waals surface area contributed by atoms with E-state index in [2.05, 4.69) is 33.8 Å². The second kappa shape index (κ2) is 9.17.